The highest BCUT2D eigenvalue weighted by Crippen LogP contribution is 2.42. The number of pyridine rings is 1. The largest absolute Gasteiger partial charge is 0.457 e. The molecule has 186 valence electrons. The molecule has 0 spiro atoms. The van der Waals surface area contributed by atoms with Gasteiger partial charge in [-0.25, -0.2) is 8.42 Å². The van der Waals surface area contributed by atoms with Crippen LogP contribution in [0.3, 0.4) is 0 Å². The Morgan fingerprint density at radius 2 is 1.41 bits per heavy atom. The maximum absolute atomic E-state index is 13.8. The molecular formula is C29H20F3NO3S. The second-order valence-corrected chi connectivity index (χ2v) is 10.5. The molecule has 0 fully saturated rings. The van der Waals surface area contributed by atoms with Crippen LogP contribution < -0.4 is 4.74 Å². The minimum atomic E-state index is -4.56. The Morgan fingerprint density at radius 1 is 0.757 bits per heavy atom. The summed E-state index contributed by atoms with van der Waals surface area (Å²) in [5, 5.41) is 0.354. The van der Waals surface area contributed by atoms with Crippen LogP contribution in [-0.4, -0.2) is 19.7 Å². The lowest BCUT2D eigenvalue weighted by atomic mass is 9.91. The maximum Gasteiger partial charge on any atom is 0.418 e. The van der Waals surface area contributed by atoms with E-state index in [1.54, 1.807) is 42.5 Å². The maximum atomic E-state index is 13.8. The summed E-state index contributed by atoms with van der Waals surface area (Å²) < 4.78 is 71.2. The molecule has 0 aliphatic heterocycles. The normalized spacial score (nSPS) is 12.0. The Bertz CT molecular complexity index is 1720. The van der Waals surface area contributed by atoms with Crippen LogP contribution in [0.15, 0.2) is 108 Å². The standard InChI is InChI=1S/C29H20F3NO3S/c1-37(34,35)23-13-6-12-22(17-23)36-21-11-5-10-20(16-21)27-24-14-7-15-26(29(30,31)32)28(24)33-18-25(27)19-8-3-2-4-9-19/h2-18H,1H3. The zero-order valence-corrected chi connectivity index (χ0v) is 20.3. The molecular weight excluding hydrogens is 499 g/mol. The summed E-state index contributed by atoms with van der Waals surface area (Å²) in [6.07, 6.45) is -1.99. The molecule has 4 nitrogen and oxygen atoms in total. The smallest absolute Gasteiger partial charge is 0.418 e. The first kappa shape index (κ1) is 24.5. The first-order valence-corrected chi connectivity index (χ1v) is 13.1. The quantitative estimate of drug-likeness (QED) is 0.238. The number of fused-ring (bicyclic) bond motifs is 1. The Kier molecular flexibility index (Phi) is 6.21. The van der Waals surface area contributed by atoms with Crippen molar-refractivity contribution in [3.05, 3.63) is 109 Å². The van der Waals surface area contributed by atoms with E-state index in [1.165, 1.54) is 24.4 Å². The van der Waals surface area contributed by atoms with Crippen LogP contribution in [0.4, 0.5) is 13.2 Å². The van der Waals surface area contributed by atoms with E-state index in [0.29, 0.717) is 33.6 Å². The van der Waals surface area contributed by atoms with Crippen LogP contribution >= 0.6 is 0 Å². The van der Waals surface area contributed by atoms with Gasteiger partial charge in [0.15, 0.2) is 9.84 Å². The van der Waals surface area contributed by atoms with Crippen LogP contribution in [0.2, 0.25) is 0 Å². The number of aromatic nitrogens is 1. The third-order valence-corrected chi connectivity index (χ3v) is 6.99. The third-order valence-electron chi connectivity index (χ3n) is 5.88. The fourth-order valence-corrected chi connectivity index (χ4v) is 4.87. The number of para-hydroxylation sites is 1. The average molecular weight is 520 g/mol. The number of nitrogens with zero attached hydrogens (tertiary/aromatic N) is 1. The molecule has 0 radical (unpaired) electrons. The van der Waals surface area contributed by atoms with Gasteiger partial charge < -0.3 is 4.74 Å². The first-order valence-electron chi connectivity index (χ1n) is 11.2. The fourth-order valence-electron chi connectivity index (χ4n) is 4.22. The van der Waals surface area contributed by atoms with Crippen LogP contribution in [0.5, 0.6) is 11.5 Å². The molecule has 0 aliphatic carbocycles. The van der Waals surface area contributed by atoms with E-state index >= 15 is 0 Å². The second-order valence-electron chi connectivity index (χ2n) is 8.49. The molecule has 0 aliphatic rings. The first-order chi connectivity index (χ1) is 17.6. The molecule has 8 heteroatoms. The van der Waals surface area contributed by atoms with Crippen molar-refractivity contribution in [2.45, 2.75) is 11.1 Å². The SMILES string of the molecule is CS(=O)(=O)c1cccc(Oc2cccc(-c3c(-c4ccccc4)cnc4c(C(F)(F)F)cccc34)c2)c1. The summed E-state index contributed by atoms with van der Waals surface area (Å²) in [6, 6.07) is 26.4. The summed E-state index contributed by atoms with van der Waals surface area (Å²) in [5.74, 6) is 0.724. The minimum absolute atomic E-state index is 0.118. The molecule has 0 N–H and O–H groups in total. The fraction of sp³-hybridized carbons (Fsp3) is 0.0690. The zero-order valence-electron chi connectivity index (χ0n) is 19.5. The molecule has 5 rings (SSSR count). The highest BCUT2D eigenvalue weighted by atomic mass is 32.2. The Hall–Kier alpha value is -4.17. The second kappa shape index (κ2) is 9.37. The van der Waals surface area contributed by atoms with Crippen molar-refractivity contribution in [1.29, 1.82) is 0 Å². The molecule has 0 unspecified atom stereocenters. The zero-order chi connectivity index (χ0) is 26.2. The van der Waals surface area contributed by atoms with E-state index in [2.05, 4.69) is 4.98 Å². The van der Waals surface area contributed by atoms with E-state index in [9.17, 15) is 21.6 Å². The monoisotopic (exact) mass is 519 g/mol. The number of ether oxygens (including phenoxy) is 1. The number of sulfone groups is 1. The molecule has 1 aromatic heterocycles. The summed E-state index contributed by atoms with van der Waals surface area (Å²) in [7, 11) is -3.42. The van der Waals surface area contributed by atoms with E-state index in [0.717, 1.165) is 17.9 Å². The van der Waals surface area contributed by atoms with Gasteiger partial charge in [-0.1, -0.05) is 60.7 Å². The van der Waals surface area contributed by atoms with Crippen LogP contribution in [-0.2, 0) is 16.0 Å². The number of benzene rings is 4. The van der Waals surface area contributed by atoms with Gasteiger partial charge in [0.2, 0.25) is 0 Å². The number of hydrogen-bond donors (Lipinski definition) is 0. The van der Waals surface area contributed by atoms with Crippen LogP contribution in [0, 0.1) is 0 Å². The Morgan fingerprint density at radius 3 is 2.11 bits per heavy atom. The van der Waals surface area contributed by atoms with Crippen LogP contribution in [0.1, 0.15) is 5.56 Å². The molecule has 0 atom stereocenters. The predicted octanol–water partition coefficient (Wildman–Crippen LogP) is 7.78. The van der Waals surface area contributed by atoms with Crippen molar-refractivity contribution in [2.75, 3.05) is 6.26 Å². The average Bonchev–Trinajstić information content (AvgIpc) is 2.87. The molecule has 0 amide bonds. The van der Waals surface area contributed by atoms with Crippen molar-refractivity contribution in [1.82, 2.24) is 4.98 Å². The van der Waals surface area contributed by atoms with Crippen LogP contribution in [0.25, 0.3) is 33.2 Å². The number of rotatable bonds is 5. The number of halogens is 3. The molecule has 0 saturated heterocycles. The van der Waals surface area contributed by atoms with E-state index in [4.69, 9.17) is 4.74 Å². The molecule has 1 heterocycles. The van der Waals surface area contributed by atoms with Gasteiger partial charge in [-0.2, -0.15) is 13.2 Å². The summed E-state index contributed by atoms with van der Waals surface area (Å²) >= 11 is 0. The van der Waals surface area contributed by atoms with Crippen molar-refractivity contribution in [2.24, 2.45) is 0 Å². The van der Waals surface area contributed by atoms with E-state index < -0.39 is 21.6 Å². The van der Waals surface area contributed by atoms with Gasteiger partial charge in [0.25, 0.3) is 0 Å². The molecule has 37 heavy (non-hydrogen) atoms. The van der Waals surface area contributed by atoms with Gasteiger partial charge in [-0.05, 0) is 47.5 Å². The summed E-state index contributed by atoms with van der Waals surface area (Å²) in [5.41, 5.74) is 1.73. The van der Waals surface area contributed by atoms with E-state index in [1.807, 2.05) is 30.3 Å². The molecule has 5 aromatic rings. The Balaban J connectivity index is 1.69. The lowest BCUT2D eigenvalue weighted by Crippen LogP contribution is -2.07. The minimum Gasteiger partial charge on any atom is -0.457 e. The molecule has 0 bridgehead atoms. The topological polar surface area (TPSA) is 56.3 Å². The van der Waals surface area contributed by atoms with Crippen molar-refractivity contribution >= 4 is 20.7 Å². The number of hydrogen-bond acceptors (Lipinski definition) is 4. The van der Waals surface area contributed by atoms with Gasteiger partial charge in [-0.3, -0.25) is 4.98 Å². The highest BCUT2D eigenvalue weighted by Gasteiger charge is 2.33. The van der Waals surface area contributed by atoms with Crippen molar-refractivity contribution in [3.8, 4) is 33.8 Å². The summed E-state index contributed by atoms with van der Waals surface area (Å²) in [6.45, 7) is 0. The summed E-state index contributed by atoms with van der Waals surface area (Å²) in [4.78, 5) is 4.34. The lowest BCUT2D eigenvalue weighted by molar-refractivity contribution is -0.136. The molecule has 4 aromatic carbocycles. The predicted molar refractivity (Wildman–Crippen MR) is 137 cm³/mol. The van der Waals surface area contributed by atoms with Gasteiger partial charge in [-0.15, -0.1) is 0 Å². The Labute approximate surface area is 211 Å². The van der Waals surface area contributed by atoms with Crippen molar-refractivity contribution < 1.29 is 26.3 Å². The van der Waals surface area contributed by atoms with Gasteiger partial charge in [0, 0.05) is 29.0 Å². The van der Waals surface area contributed by atoms with Gasteiger partial charge in [0.1, 0.15) is 11.5 Å². The highest BCUT2D eigenvalue weighted by molar-refractivity contribution is 7.90. The third kappa shape index (κ3) is 5.06. The van der Waals surface area contributed by atoms with E-state index in [-0.39, 0.29) is 10.4 Å². The van der Waals surface area contributed by atoms with Crippen molar-refractivity contribution in [3.63, 3.8) is 0 Å². The number of alkyl halides is 3. The van der Waals surface area contributed by atoms with Gasteiger partial charge in [0.05, 0.1) is 16.0 Å². The molecule has 0 saturated carbocycles. The lowest BCUT2D eigenvalue weighted by Gasteiger charge is -2.17. The van der Waals surface area contributed by atoms with Gasteiger partial charge >= 0.3 is 6.18 Å².